The maximum atomic E-state index is 9.55. The van der Waals surface area contributed by atoms with Crippen LogP contribution in [-0.4, -0.2) is 47.2 Å². The summed E-state index contributed by atoms with van der Waals surface area (Å²) in [6.45, 7) is 4.07. The molecular formula is C9H21NO3. The molecule has 0 radical (unpaired) electrons. The summed E-state index contributed by atoms with van der Waals surface area (Å²) in [6.07, 6.45) is -2.05. The third kappa shape index (κ3) is 4.04. The Bertz CT molecular complexity index is 132. The van der Waals surface area contributed by atoms with Gasteiger partial charge in [-0.25, -0.2) is 0 Å². The minimum atomic E-state index is -1.07. The van der Waals surface area contributed by atoms with Crippen LogP contribution < -0.4 is 5.32 Å². The zero-order valence-corrected chi connectivity index (χ0v) is 8.57. The molecule has 0 fully saturated rings. The Labute approximate surface area is 79.6 Å². The number of rotatable bonds is 6. The summed E-state index contributed by atoms with van der Waals surface area (Å²) < 4.78 is 0. The van der Waals surface area contributed by atoms with Crippen molar-refractivity contribution in [3.8, 4) is 0 Å². The molecule has 80 valence electrons. The fourth-order valence-electron chi connectivity index (χ4n) is 1.14. The maximum Gasteiger partial charge on any atom is 0.107 e. The van der Waals surface area contributed by atoms with E-state index in [-0.39, 0.29) is 12.5 Å². The molecule has 0 aliphatic rings. The lowest BCUT2D eigenvalue weighted by molar-refractivity contribution is -0.0769. The van der Waals surface area contributed by atoms with Crippen molar-refractivity contribution in [1.82, 2.24) is 5.32 Å². The van der Waals surface area contributed by atoms with Gasteiger partial charge in [0.2, 0.25) is 0 Å². The van der Waals surface area contributed by atoms with E-state index in [2.05, 4.69) is 5.32 Å². The van der Waals surface area contributed by atoms with Crippen molar-refractivity contribution >= 4 is 0 Å². The first-order chi connectivity index (χ1) is 6.04. The van der Waals surface area contributed by atoms with Crippen LogP contribution in [0.3, 0.4) is 0 Å². The fraction of sp³-hybridized carbons (Fsp3) is 1.00. The summed E-state index contributed by atoms with van der Waals surface area (Å²) >= 11 is 0. The SMILES string of the molecule is CCC(C)C(O)C(O)C(O)CNC. The van der Waals surface area contributed by atoms with E-state index in [9.17, 15) is 15.3 Å². The molecule has 0 aromatic heterocycles. The quantitative estimate of drug-likeness (QED) is 0.449. The van der Waals surface area contributed by atoms with Gasteiger partial charge in [-0.15, -0.1) is 0 Å². The van der Waals surface area contributed by atoms with Crippen LogP contribution >= 0.6 is 0 Å². The molecule has 4 heteroatoms. The minimum absolute atomic E-state index is 0.00139. The molecule has 0 saturated heterocycles. The van der Waals surface area contributed by atoms with Crippen molar-refractivity contribution in [2.75, 3.05) is 13.6 Å². The van der Waals surface area contributed by atoms with Gasteiger partial charge in [0.15, 0.2) is 0 Å². The lowest BCUT2D eigenvalue weighted by Crippen LogP contribution is -2.45. The van der Waals surface area contributed by atoms with Crippen LogP contribution in [0.1, 0.15) is 20.3 Å². The number of nitrogens with one attached hydrogen (secondary N) is 1. The number of likely N-dealkylation sites (N-methyl/N-ethyl adjacent to an activating group) is 1. The third-order valence-electron chi connectivity index (χ3n) is 2.38. The van der Waals surface area contributed by atoms with Gasteiger partial charge in [-0.3, -0.25) is 0 Å². The molecule has 0 amide bonds. The van der Waals surface area contributed by atoms with Gasteiger partial charge in [-0.05, 0) is 13.0 Å². The highest BCUT2D eigenvalue weighted by molar-refractivity contribution is 4.79. The third-order valence-corrected chi connectivity index (χ3v) is 2.38. The van der Waals surface area contributed by atoms with Crippen molar-refractivity contribution < 1.29 is 15.3 Å². The Kier molecular flexibility index (Phi) is 6.24. The van der Waals surface area contributed by atoms with E-state index in [1.807, 2.05) is 13.8 Å². The molecule has 0 heterocycles. The number of aliphatic hydroxyl groups is 3. The van der Waals surface area contributed by atoms with Crippen LogP contribution in [0.15, 0.2) is 0 Å². The van der Waals surface area contributed by atoms with Gasteiger partial charge in [0.1, 0.15) is 6.10 Å². The van der Waals surface area contributed by atoms with Crippen LogP contribution in [0.5, 0.6) is 0 Å². The molecular weight excluding hydrogens is 170 g/mol. The van der Waals surface area contributed by atoms with E-state index in [0.29, 0.717) is 0 Å². The predicted molar refractivity (Wildman–Crippen MR) is 51.4 cm³/mol. The molecule has 4 N–H and O–H groups in total. The average molecular weight is 191 g/mol. The monoisotopic (exact) mass is 191 g/mol. The lowest BCUT2D eigenvalue weighted by Gasteiger charge is -2.26. The molecule has 0 aromatic rings. The molecule has 13 heavy (non-hydrogen) atoms. The Morgan fingerprint density at radius 1 is 1.15 bits per heavy atom. The molecule has 4 atom stereocenters. The van der Waals surface area contributed by atoms with Gasteiger partial charge in [-0.2, -0.15) is 0 Å². The largest absolute Gasteiger partial charge is 0.390 e. The average Bonchev–Trinajstić information content (AvgIpc) is 2.14. The molecule has 4 unspecified atom stereocenters. The number of hydrogen-bond acceptors (Lipinski definition) is 4. The van der Waals surface area contributed by atoms with Crippen LogP contribution in [0, 0.1) is 5.92 Å². The highest BCUT2D eigenvalue weighted by Crippen LogP contribution is 2.13. The number of hydrogen-bond donors (Lipinski definition) is 4. The fourth-order valence-corrected chi connectivity index (χ4v) is 1.14. The van der Waals surface area contributed by atoms with Crippen molar-refractivity contribution in [3.05, 3.63) is 0 Å². The topological polar surface area (TPSA) is 72.7 Å². The van der Waals surface area contributed by atoms with Gasteiger partial charge < -0.3 is 20.6 Å². The standard InChI is InChI=1S/C9H21NO3/c1-4-6(2)8(12)9(13)7(11)5-10-3/h6-13H,4-5H2,1-3H3. The minimum Gasteiger partial charge on any atom is -0.390 e. The highest BCUT2D eigenvalue weighted by Gasteiger charge is 2.27. The summed E-state index contributed by atoms with van der Waals surface area (Å²) in [7, 11) is 1.69. The van der Waals surface area contributed by atoms with Gasteiger partial charge in [-0.1, -0.05) is 20.3 Å². The van der Waals surface area contributed by atoms with Crippen LogP contribution in [0.25, 0.3) is 0 Å². The zero-order valence-electron chi connectivity index (χ0n) is 8.57. The zero-order chi connectivity index (χ0) is 10.4. The summed E-state index contributed by atoms with van der Waals surface area (Å²) in [4.78, 5) is 0. The molecule has 0 spiro atoms. The van der Waals surface area contributed by atoms with E-state index in [1.54, 1.807) is 7.05 Å². The maximum absolute atomic E-state index is 9.55. The summed E-state index contributed by atoms with van der Waals surface area (Å²) in [5.74, 6) is 0.00139. The molecule has 0 aliphatic heterocycles. The first kappa shape index (κ1) is 12.8. The van der Waals surface area contributed by atoms with E-state index >= 15 is 0 Å². The molecule has 4 nitrogen and oxygen atoms in total. The van der Waals surface area contributed by atoms with Crippen molar-refractivity contribution in [2.24, 2.45) is 5.92 Å². The Hall–Kier alpha value is -0.160. The summed E-state index contributed by atoms with van der Waals surface area (Å²) in [5.41, 5.74) is 0. The van der Waals surface area contributed by atoms with Gasteiger partial charge in [0, 0.05) is 6.54 Å². The van der Waals surface area contributed by atoms with Crippen LogP contribution in [0.4, 0.5) is 0 Å². The Morgan fingerprint density at radius 3 is 2.08 bits per heavy atom. The molecule has 0 bridgehead atoms. The Balaban J connectivity index is 3.99. The van der Waals surface area contributed by atoms with Crippen molar-refractivity contribution in [2.45, 2.75) is 38.6 Å². The van der Waals surface area contributed by atoms with E-state index in [0.717, 1.165) is 6.42 Å². The van der Waals surface area contributed by atoms with Gasteiger partial charge in [0.25, 0.3) is 0 Å². The van der Waals surface area contributed by atoms with Crippen molar-refractivity contribution in [1.29, 1.82) is 0 Å². The predicted octanol–water partition coefficient (Wildman–Crippen LogP) is -0.665. The molecule has 0 saturated carbocycles. The smallest absolute Gasteiger partial charge is 0.107 e. The first-order valence-corrected chi connectivity index (χ1v) is 4.73. The molecule has 0 aromatic carbocycles. The highest BCUT2D eigenvalue weighted by atomic mass is 16.4. The second-order valence-electron chi connectivity index (χ2n) is 3.49. The summed E-state index contributed by atoms with van der Waals surface area (Å²) in [6, 6.07) is 0. The summed E-state index contributed by atoms with van der Waals surface area (Å²) in [5, 5.41) is 31.1. The number of aliphatic hydroxyl groups excluding tert-OH is 3. The molecule has 0 aliphatic carbocycles. The normalized spacial score (nSPS) is 20.8. The second kappa shape index (κ2) is 6.32. The van der Waals surface area contributed by atoms with Crippen molar-refractivity contribution in [3.63, 3.8) is 0 Å². The molecule has 0 rings (SSSR count). The van der Waals surface area contributed by atoms with Crippen LogP contribution in [0.2, 0.25) is 0 Å². The van der Waals surface area contributed by atoms with E-state index < -0.39 is 18.3 Å². The first-order valence-electron chi connectivity index (χ1n) is 4.73. The van der Waals surface area contributed by atoms with Gasteiger partial charge in [0.05, 0.1) is 12.2 Å². The Morgan fingerprint density at radius 2 is 1.69 bits per heavy atom. The second-order valence-corrected chi connectivity index (χ2v) is 3.49. The van der Waals surface area contributed by atoms with E-state index in [4.69, 9.17) is 0 Å². The van der Waals surface area contributed by atoms with Crippen LogP contribution in [-0.2, 0) is 0 Å². The van der Waals surface area contributed by atoms with E-state index in [1.165, 1.54) is 0 Å². The van der Waals surface area contributed by atoms with Gasteiger partial charge >= 0.3 is 0 Å². The lowest BCUT2D eigenvalue weighted by atomic mass is 9.94.